The molecule has 1 aliphatic heterocycles. The normalized spacial score (nSPS) is 12.9. The predicted octanol–water partition coefficient (Wildman–Crippen LogP) is 7.64. The Balaban J connectivity index is 1.73. The van der Waals surface area contributed by atoms with Crippen LogP contribution in [-0.2, 0) is 13.5 Å². The van der Waals surface area contributed by atoms with Gasteiger partial charge in [-0.1, -0.05) is 57.2 Å². The van der Waals surface area contributed by atoms with Crippen molar-refractivity contribution in [3.63, 3.8) is 0 Å². The van der Waals surface area contributed by atoms with Gasteiger partial charge in [-0.2, -0.15) is 0 Å². The maximum Gasteiger partial charge on any atom is 0.228 e. The highest BCUT2D eigenvalue weighted by Crippen LogP contribution is 2.50. The van der Waals surface area contributed by atoms with Crippen molar-refractivity contribution in [2.75, 3.05) is 0 Å². The van der Waals surface area contributed by atoms with Crippen LogP contribution in [0.2, 0.25) is 0 Å². The number of aryl methyl sites for hydroxylation is 2. The van der Waals surface area contributed by atoms with E-state index in [0.29, 0.717) is 0 Å². The third-order valence-electron chi connectivity index (χ3n) is 6.71. The second kappa shape index (κ2) is 6.56. The van der Waals surface area contributed by atoms with Gasteiger partial charge in [-0.3, -0.25) is 0 Å². The fourth-order valence-corrected chi connectivity index (χ4v) is 5.36. The lowest BCUT2D eigenvalue weighted by Gasteiger charge is -2.24. The van der Waals surface area contributed by atoms with E-state index in [1.54, 1.807) is 0 Å². The third kappa shape index (κ3) is 2.82. The summed E-state index contributed by atoms with van der Waals surface area (Å²) < 4.78 is 9.03. The number of benzene rings is 4. The van der Waals surface area contributed by atoms with Gasteiger partial charge in [0.2, 0.25) is 5.69 Å². The minimum absolute atomic E-state index is 0.239. The van der Waals surface area contributed by atoms with E-state index in [9.17, 15) is 0 Å². The molecule has 0 aliphatic carbocycles. The van der Waals surface area contributed by atoms with Crippen LogP contribution in [-0.4, -0.2) is 0 Å². The molecule has 0 saturated heterocycles. The molecule has 6 rings (SSSR count). The van der Waals surface area contributed by atoms with E-state index >= 15 is 0 Å². The van der Waals surface area contributed by atoms with Crippen molar-refractivity contribution in [2.45, 2.75) is 34.1 Å². The summed E-state index contributed by atoms with van der Waals surface area (Å²) >= 11 is 0. The summed E-state index contributed by atoms with van der Waals surface area (Å²) in [6, 6.07) is 22.2. The summed E-state index contributed by atoms with van der Waals surface area (Å²) in [5.41, 5.74) is 5.31. The molecule has 4 aromatic carbocycles. The molecule has 0 bridgehead atoms. The topological polar surface area (TPSA) is 13.1 Å². The van der Waals surface area contributed by atoms with Crippen molar-refractivity contribution in [1.29, 1.82) is 0 Å². The number of hydrogen-bond acceptors (Lipinski definition) is 1. The average molecular weight is 419 g/mol. The molecule has 0 radical (unpaired) electrons. The Morgan fingerprint density at radius 2 is 1.62 bits per heavy atom. The van der Waals surface area contributed by atoms with Crippen molar-refractivity contribution < 1.29 is 9.30 Å². The Kier molecular flexibility index (Phi) is 3.96. The molecule has 0 amide bonds. The molecule has 158 valence electrons. The molecule has 0 saturated carbocycles. The standard InChI is InChI=1S/C30H28NO/c1-18-23-9-7-6-8-20(23)16-25-26(18)28-27-22(12-13-31(28)5)15-21-11-10-19(17-30(2,3)4)14-24(21)29(27)32-25/h6-16H,17H2,1-5H3/q+1. The van der Waals surface area contributed by atoms with Crippen LogP contribution in [0.1, 0.15) is 31.9 Å². The largest absolute Gasteiger partial charge is 0.455 e. The number of hydrogen-bond donors (Lipinski definition) is 0. The van der Waals surface area contributed by atoms with Crippen LogP contribution in [0.3, 0.4) is 0 Å². The van der Waals surface area contributed by atoms with Crippen LogP contribution >= 0.6 is 0 Å². The van der Waals surface area contributed by atoms with Crippen LogP contribution in [0.5, 0.6) is 11.5 Å². The summed E-state index contributed by atoms with van der Waals surface area (Å²) in [6.07, 6.45) is 3.21. The Morgan fingerprint density at radius 3 is 2.44 bits per heavy atom. The second-order valence-corrected chi connectivity index (χ2v) is 10.4. The zero-order chi connectivity index (χ0) is 22.2. The Bertz CT molecular complexity index is 1570. The van der Waals surface area contributed by atoms with Crippen molar-refractivity contribution >= 4 is 32.3 Å². The first-order valence-electron chi connectivity index (χ1n) is 11.4. The number of nitrogens with zero attached hydrogens (tertiary/aromatic N) is 1. The van der Waals surface area contributed by atoms with Crippen LogP contribution in [0.25, 0.3) is 43.6 Å². The van der Waals surface area contributed by atoms with Gasteiger partial charge < -0.3 is 4.74 Å². The van der Waals surface area contributed by atoms with E-state index in [0.717, 1.165) is 17.9 Å². The van der Waals surface area contributed by atoms with E-state index in [4.69, 9.17) is 4.74 Å². The number of ether oxygens (including phenoxy) is 1. The molecule has 2 heteroatoms. The Hall–Kier alpha value is -3.39. The van der Waals surface area contributed by atoms with Crippen LogP contribution < -0.4 is 9.30 Å². The number of rotatable bonds is 1. The highest BCUT2D eigenvalue weighted by Gasteiger charge is 2.31. The van der Waals surface area contributed by atoms with Crippen molar-refractivity contribution in [3.8, 4) is 22.8 Å². The molecular formula is C30H28NO+. The number of aromatic nitrogens is 1. The Morgan fingerprint density at radius 1 is 0.844 bits per heavy atom. The molecule has 0 N–H and O–H groups in total. The first kappa shape index (κ1) is 19.3. The lowest BCUT2D eigenvalue weighted by atomic mass is 9.86. The second-order valence-electron chi connectivity index (χ2n) is 10.4. The van der Waals surface area contributed by atoms with E-state index in [1.807, 2.05) is 0 Å². The summed E-state index contributed by atoms with van der Waals surface area (Å²) in [5.74, 6) is 1.94. The van der Waals surface area contributed by atoms with Crippen LogP contribution in [0, 0.1) is 12.3 Å². The summed E-state index contributed by atoms with van der Waals surface area (Å²) in [7, 11) is 2.14. The molecule has 32 heavy (non-hydrogen) atoms. The summed E-state index contributed by atoms with van der Waals surface area (Å²) in [4.78, 5) is 0. The zero-order valence-corrected chi connectivity index (χ0v) is 19.4. The minimum atomic E-state index is 0.239. The highest BCUT2D eigenvalue weighted by atomic mass is 16.5. The van der Waals surface area contributed by atoms with Gasteiger partial charge in [0.05, 0.1) is 10.9 Å². The fraction of sp³-hybridized carbons (Fsp3) is 0.233. The molecule has 0 spiro atoms. The molecule has 2 heterocycles. The number of pyridine rings is 1. The molecule has 2 nitrogen and oxygen atoms in total. The zero-order valence-electron chi connectivity index (χ0n) is 19.4. The van der Waals surface area contributed by atoms with Gasteiger partial charge in [-0.25, -0.2) is 4.57 Å². The molecule has 1 aliphatic rings. The van der Waals surface area contributed by atoms with Crippen LogP contribution in [0.15, 0.2) is 66.9 Å². The fourth-order valence-electron chi connectivity index (χ4n) is 5.36. The SMILES string of the molecule is Cc1c2c(cc3ccccc13)Oc1c3cc(CC(C)(C)C)ccc3cc3cc[n+](C)c-2c13. The maximum atomic E-state index is 6.78. The first-order chi connectivity index (χ1) is 15.3. The van der Waals surface area contributed by atoms with Gasteiger partial charge in [0.15, 0.2) is 6.20 Å². The van der Waals surface area contributed by atoms with Gasteiger partial charge in [0.25, 0.3) is 0 Å². The summed E-state index contributed by atoms with van der Waals surface area (Å²) in [6.45, 7) is 9.10. The lowest BCUT2D eigenvalue weighted by Crippen LogP contribution is -2.31. The van der Waals surface area contributed by atoms with Crippen molar-refractivity contribution in [2.24, 2.45) is 12.5 Å². The predicted molar refractivity (Wildman–Crippen MR) is 134 cm³/mol. The van der Waals surface area contributed by atoms with E-state index in [-0.39, 0.29) is 5.41 Å². The molecule has 1 aromatic heterocycles. The molecule has 0 atom stereocenters. The van der Waals surface area contributed by atoms with E-state index in [1.165, 1.54) is 54.7 Å². The van der Waals surface area contributed by atoms with Gasteiger partial charge in [-0.05, 0) is 69.6 Å². The quantitative estimate of drug-likeness (QED) is 0.197. The smallest absolute Gasteiger partial charge is 0.228 e. The molecule has 0 unspecified atom stereocenters. The van der Waals surface area contributed by atoms with Crippen molar-refractivity contribution in [1.82, 2.24) is 0 Å². The van der Waals surface area contributed by atoms with Gasteiger partial charge in [0.1, 0.15) is 18.5 Å². The van der Waals surface area contributed by atoms with Crippen LogP contribution in [0.4, 0.5) is 0 Å². The molecular weight excluding hydrogens is 390 g/mol. The Labute approximate surface area is 189 Å². The monoisotopic (exact) mass is 418 g/mol. The van der Waals surface area contributed by atoms with E-state index < -0.39 is 0 Å². The van der Waals surface area contributed by atoms with Gasteiger partial charge in [-0.15, -0.1) is 0 Å². The van der Waals surface area contributed by atoms with Crippen molar-refractivity contribution in [3.05, 3.63) is 78.0 Å². The van der Waals surface area contributed by atoms with E-state index in [2.05, 4.69) is 106 Å². The number of fused-ring (bicyclic) bond motifs is 5. The molecule has 0 fully saturated rings. The lowest BCUT2D eigenvalue weighted by molar-refractivity contribution is -0.659. The highest BCUT2D eigenvalue weighted by molar-refractivity contribution is 6.13. The molecule has 5 aromatic rings. The maximum absolute atomic E-state index is 6.78. The first-order valence-corrected chi connectivity index (χ1v) is 11.4. The minimum Gasteiger partial charge on any atom is -0.455 e. The average Bonchev–Trinajstić information content (AvgIpc) is 2.75. The third-order valence-corrected chi connectivity index (χ3v) is 6.71. The van der Waals surface area contributed by atoms with Gasteiger partial charge >= 0.3 is 0 Å². The van der Waals surface area contributed by atoms with Gasteiger partial charge in [0, 0.05) is 11.5 Å². The summed E-state index contributed by atoms with van der Waals surface area (Å²) in [5, 5.41) is 7.36.